The number of aryl methyl sites for hydroxylation is 1. The molecule has 0 heterocycles. The standard InChI is InChI=1S/C9H8Br2O/c1-6-3-2-4-7(9(6)11)8(12)5-10/h2-4H,5H2,1H3. The van der Waals surface area contributed by atoms with Crippen molar-refractivity contribution in [1.29, 1.82) is 0 Å². The molecule has 0 saturated carbocycles. The van der Waals surface area contributed by atoms with Gasteiger partial charge in [-0.2, -0.15) is 0 Å². The highest BCUT2D eigenvalue weighted by Crippen LogP contribution is 2.21. The molecule has 1 aromatic rings. The van der Waals surface area contributed by atoms with Crippen molar-refractivity contribution in [3.8, 4) is 0 Å². The van der Waals surface area contributed by atoms with Crippen LogP contribution in [0.1, 0.15) is 15.9 Å². The van der Waals surface area contributed by atoms with Gasteiger partial charge in [0.1, 0.15) is 0 Å². The summed E-state index contributed by atoms with van der Waals surface area (Å²) >= 11 is 6.52. The van der Waals surface area contributed by atoms with E-state index in [1.54, 1.807) is 0 Å². The number of Topliss-reactive ketones (excluding diaryl/α,β-unsaturated/α-hetero) is 1. The van der Waals surface area contributed by atoms with Crippen LogP contribution in [0.4, 0.5) is 0 Å². The molecular formula is C9H8Br2O. The van der Waals surface area contributed by atoms with E-state index < -0.39 is 0 Å². The summed E-state index contributed by atoms with van der Waals surface area (Å²) in [5, 5.41) is 0.370. The Morgan fingerprint density at radius 1 is 1.50 bits per heavy atom. The molecule has 1 rings (SSSR count). The molecule has 0 aliphatic rings. The Balaban J connectivity index is 3.16. The molecule has 0 spiro atoms. The molecule has 0 atom stereocenters. The molecule has 1 aromatic carbocycles. The number of hydrogen-bond donors (Lipinski definition) is 0. The molecule has 0 N–H and O–H groups in total. The van der Waals surface area contributed by atoms with Gasteiger partial charge in [0, 0.05) is 10.0 Å². The van der Waals surface area contributed by atoms with Crippen molar-refractivity contribution in [3.05, 3.63) is 33.8 Å². The molecule has 3 heteroatoms. The van der Waals surface area contributed by atoms with Crippen molar-refractivity contribution in [1.82, 2.24) is 0 Å². The molecule has 0 unspecified atom stereocenters. The van der Waals surface area contributed by atoms with Gasteiger partial charge in [-0.1, -0.05) is 34.1 Å². The lowest BCUT2D eigenvalue weighted by Gasteiger charge is -2.03. The second-order valence-corrected chi connectivity index (χ2v) is 3.85. The quantitative estimate of drug-likeness (QED) is 0.603. The fourth-order valence-corrected chi connectivity index (χ4v) is 1.72. The summed E-state index contributed by atoms with van der Waals surface area (Å²) in [6, 6.07) is 5.67. The zero-order valence-electron chi connectivity index (χ0n) is 6.60. The van der Waals surface area contributed by atoms with Crippen molar-refractivity contribution >= 4 is 37.6 Å². The van der Waals surface area contributed by atoms with Gasteiger partial charge >= 0.3 is 0 Å². The molecule has 0 aliphatic carbocycles. The number of ketones is 1. The smallest absolute Gasteiger partial charge is 0.174 e. The summed E-state index contributed by atoms with van der Waals surface area (Å²) in [7, 11) is 0. The number of carbonyl (C=O) groups is 1. The number of carbonyl (C=O) groups excluding carboxylic acids is 1. The molecule has 64 valence electrons. The third-order valence-corrected chi connectivity index (χ3v) is 3.18. The van der Waals surface area contributed by atoms with E-state index in [4.69, 9.17) is 0 Å². The Kier molecular flexibility index (Phi) is 3.47. The highest BCUT2D eigenvalue weighted by Gasteiger charge is 2.08. The summed E-state index contributed by atoms with van der Waals surface area (Å²) in [6.07, 6.45) is 0. The van der Waals surface area contributed by atoms with Crippen LogP contribution in [0, 0.1) is 6.92 Å². The number of benzene rings is 1. The predicted molar refractivity (Wildman–Crippen MR) is 57.0 cm³/mol. The Bertz CT molecular complexity index is 307. The minimum absolute atomic E-state index is 0.102. The molecular weight excluding hydrogens is 284 g/mol. The lowest BCUT2D eigenvalue weighted by atomic mass is 10.1. The fraction of sp³-hybridized carbons (Fsp3) is 0.222. The number of hydrogen-bond acceptors (Lipinski definition) is 1. The van der Waals surface area contributed by atoms with Crippen molar-refractivity contribution in [3.63, 3.8) is 0 Å². The Labute approximate surface area is 88.4 Å². The minimum atomic E-state index is 0.102. The van der Waals surface area contributed by atoms with Crippen LogP contribution in [-0.4, -0.2) is 11.1 Å². The van der Waals surface area contributed by atoms with Crippen molar-refractivity contribution in [2.45, 2.75) is 6.92 Å². The molecule has 0 saturated heterocycles. The largest absolute Gasteiger partial charge is 0.293 e. The van der Waals surface area contributed by atoms with E-state index >= 15 is 0 Å². The summed E-state index contributed by atoms with van der Waals surface area (Å²) < 4.78 is 0.898. The molecule has 0 bridgehead atoms. The van der Waals surface area contributed by atoms with Crippen LogP contribution in [0.3, 0.4) is 0 Å². The van der Waals surface area contributed by atoms with Gasteiger partial charge in [-0.15, -0.1) is 0 Å². The summed E-state index contributed by atoms with van der Waals surface area (Å²) in [5.41, 5.74) is 1.83. The maximum atomic E-state index is 11.3. The van der Waals surface area contributed by atoms with Gasteiger partial charge in [0.2, 0.25) is 0 Å². The topological polar surface area (TPSA) is 17.1 Å². The van der Waals surface area contributed by atoms with Crippen molar-refractivity contribution < 1.29 is 4.79 Å². The summed E-state index contributed by atoms with van der Waals surface area (Å²) in [6.45, 7) is 1.97. The van der Waals surface area contributed by atoms with Crippen LogP contribution in [0.5, 0.6) is 0 Å². The third-order valence-electron chi connectivity index (χ3n) is 1.61. The van der Waals surface area contributed by atoms with E-state index in [9.17, 15) is 4.79 Å². The van der Waals surface area contributed by atoms with Gasteiger partial charge < -0.3 is 0 Å². The third kappa shape index (κ3) is 1.96. The van der Waals surface area contributed by atoms with Crippen LogP contribution in [0.25, 0.3) is 0 Å². The molecule has 0 aromatic heterocycles. The van der Waals surface area contributed by atoms with Gasteiger partial charge in [0.15, 0.2) is 5.78 Å². The zero-order valence-corrected chi connectivity index (χ0v) is 9.78. The zero-order chi connectivity index (χ0) is 9.14. The Hall–Kier alpha value is -0.150. The fourth-order valence-electron chi connectivity index (χ4n) is 0.935. The first-order valence-electron chi connectivity index (χ1n) is 3.51. The van der Waals surface area contributed by atoms with Crippen LogP contribution < -0.4 is 0 Å². The SMILES string of the molecule is Cc1cccc(C(=O)CBr)c1Br. The number of alkyl halides is 1. The van der Waals surface area contributed by atoms with Crippen molar-refractivity contribution in [2.24, 2.45) is 0 Å². The van der Waals surface area contributed by atoms with Crippen LogP contribution in [-0.2, 0) is 0 Å². The van der Waals surface area contributed by atoms with E-state index in [-0.39, 0.29) is 5.78 Å². The van der Waals surface area contributed by atoms with Gasteiger partial charge in [-0.05, 0) is 28.4 Å². The van der Waals surface area contributed by atoms with E-state index in [0.717, 1.165) is 15.6 Å². The van der Waals surface area contributed by atoms with Gasteiger partial charge in [0.25, 0.3) is 0 Å². The van der Waals surface area contributed by atoms with E-state index in [0.29, 0.717) is 5.33 Å². The van der Waals surface area contributed by atoms with Crippen LogP contribution >= 0.6 is 31.9 Å². The normalized spacial score (nSPS) is 9.92. The molecule has 0 aliphatic heterocycles. The first-order chi connectivity index (χ1) is 5.66. The minimum Gasteiger partial charge on any atom is -0.293 e. The molecule has 0 radical (unpaired) electrons. The van der Waals surface area contributed by atoms with Gasteiger partial charge in [-0.3, -0.25) is 4.79 Å². The average Bonchev–Trinajstić information content (AvgIpc) is 2.08. The highest BCUT2D eigenvalue weighted by atomic mass is 79.9. The first kappa shape index (κ1) is 9.93. The average molecular weight is 292 g/mol. The van der Waals surface area contributed by atoms with E-state index in [2.05, 4.69) is 31.9 Å². The van der Waals surface area contributed by atoms with Gasteiger partial charge in [0.05, 0.1) is 5.33 Å². The van der Waals surface area contributed by atoms with E-state index in [1.165, 1.54) is 0 Å². The van der Waals surface area contributed by atoms with Crippen LogP contribution in [0.15, 0.2) is 22.7 Å². The molecule has 1 nitrogen and oxygen atoms in total. The molecule has 0 fully saturated rings. The highest BCUT2D eigenvalue weighted by molar-refractivity contribution is 9.10. The van der Waals surface area contributed by atoms with Gasteiger partial charge in [-0.25, -0.2) is 0 Å². The van der Waals surface area contributed by atoms with E-state index in [1.807, 2.05) is 25.1 Å². The lowest BCUT2D eigenvalue weighted by molar-refractivity contribution is 0.102. The maximum absolute atomic E-state index is 11.3. The van der Waals surface area contributed by atoms with Crippen LogP contribution in [0.2, 0.25) is 0 Å². The number of rotatable bonds is 2. The first-order valence-corrected chi connectivity index (χ1v) is 5.42. The maximum Gasteiger partial charge on any atom is 0.174 e. The molecule has 0 amide bonds. The second kappa shape index (κ2) is 4.19. The number of halogens is 2. The van der Waals surface area contributed by atoms with Crippen molar-refractivity contribution in [2.75, 3.05) is 5.33 Å². The lowest BCUT2D eigenvalue weighted by Crippen LogP contribution is -2.01. The molecule has 12 heavy (non-hydrogen) atoms. The summed E-state index contributed by atoms with van der Waals surface area (Å²) in [4.78, 5) is 11.3. The summed E-state index contributed by atoms with van der Waals surface area (Å²) in [5.74, 6) is 0.102. The Morgan fingerprint density at radius 3 is 2.75 bits per heavy atom. The second-order valence-electron chi connectivity index (χ2n) is 2.49. The predicted octanol–water partition coefficient (Wildman–Crippen LogP) is 3.34. The monoisotopic (exact) mass is 290 g/mol. The Morgan fingerprint density at radius 2 is 2.17 bits per heavy atom.